The highest BCUT2D eigenvalue weighted by atomic mass is 35.5. The number of alkyl halides is 1. The average molecular weight is 290 g/mol. The summed E-state index contributed by atoms with van der Waals surface area (Å²) in [4.78, 5) is 22.9. The minimum Gasteiger partial charge on any atom is -0.323 e. The van der Waals surface area contributed by atoms with Gasteiger partial charge in [0.15, 0.2) is 5.78 Å². The van der Waals surface area contributed by atoms with Crippen LogP contribution in [0.25, 0.3) is 0 Å². The fourth-order valence-corrected chi connectivity index (χ4v) is 2.52. The topological polar surface area (TPSA) is 46.2 Å². The summed E-state index contributed by atoms with van der Waals surface area (Å²) in [5.41, 5.74) is 0.733. The highest BCUT2D eigenvalue weighted by molar-refractivity contribution is 6.51. The van der Waals surface area contributed by atoms with Crippen LogP contribution in [-0.4, -0.2) is 11.7 Å². The number of hydrogen-bond donors (Lipinski definition) is 1. The Labute approximate surface area is 119 Å². The van der Waals surface area contributed by atoms with E-state index in [9.17, 15) is 14.0 Å². The number of carbonyl (C=O) groups is 2. The minimum absolute atomic E-state index is 0.146. The number of carbonyl (C=O) groups excluding carboxylic acids is 2. The maximum Gasteiger partial charge on any atom is 0.258 e. The van der Waals surface area contributed by atoms with Crippen molar-refractivity contribution < 1.29 is 14.0 Å². The third-order valence-corrected chi connectivity index (χ3v) is 3.83. The number of anilines is 1. The van der Waals surface area contributed by atoms with E-state index in [0.29, 0.717) is 5.56 Å². The van der Waals surface area contributed by atoms with Crippen molar-refractivity contribution in [3.05, 3.63) is 65.5 Å². The summed E-state index contributed by atoms with van der Waals surface area (Å²) in [5, 5.41) is 2.49. The van der Waals surface area contributed by atoms with Crippen molar-refractivity contribution in [1.29, 1.82) is 0 Å². The predicted octanol–water partition coefficient (Wildman–Crippen LogP) is 3.09. The van der Waals surface area contributed by atoms with Crippen LogP contribution in [0, 0.1) is 5.82 Å². The number of hydrogen-bond acceptors (Lipinski definition) is 2. The Balaban J connectivity index is 2.18. The summed E-state index contributed by atoms with van der Waals surface area (Å²) in [5.74, 6) is -1.75. The SMILES string of the molecule is O=C1Nc2cc(F)ccc2C(=O)[C@]1(Cl)c1ccccc1. The van der Waals surface area contributed by atoms with Crippen LogP contribution >= 0.6 is 11.6 Å². The third-order valence-electron chi connectivity index (χ3n) is 3.27. The van der Waals surface area contributed by atoms with Crippen LogP contribution < -0.4 is 5.32 Å². The molecule has 1 heterocycles. The number of ketones is 1. The van der Waals surface area contributed by atoms with Gasteiger partial charge < -0.3 is 5.32 Å². The van der Waals surface area contributed by atoms with Gasteiger partial charge in [-0.1, -0.05) is 41.9 Å². The molecule has 0 spiro atoms. The molecule has 5 heteroatoms. The first kappa shape index (κ1) is 12.8. The second kappa shape index (κ2) is 4.42. The Kier molecular flexibility index (Phi) is 2.83. The van der Waals surface area contributed by atoms with Crippen molar-refractivity contribution in [3.8, 4) is 0 Å². The molecule has 0 saturated carbocycles. The first-order valence-corrected chi connectivity index (χ1v) is 6.31. The Morgan fingerprint density at radius 1 is 1.05 bits per heavy atom. The maximum atomic E-state index is 13.2. The van der Waals surface area contributed by atoms with Gasteiger partial charge in [-0.3, -0.25) is 9.59 Å². The summed E-state index contributed by atoms with van der Waals surface area (Å²) in [6.07, 6.45) is 0. The van der Waals surface area contributed by atoms with Gasteiger partial charge >= 0.3 is 0 Å². The van der Waals surface area contributed by atoms with Gasteiger partial charge in [0.2, 0.25) is 4.87 Å². The lowest BCUT2D eigenvalue weighted by atomic mass is 9.85. The zero-order valence-electron chi connectivity index (χ0n) is 10.2. The summed E-state index contributed by atoms with van der Waals surface area (Å²) < 4.78 is 13.2. The molecule has 0 saturated heterocycles. The van der Waals surface area contributed by atoms with Gasteiger partial charge in [0, 0.05) is 5.56 Å². The van der Waals surface area contributed by atoms with E-state index in [1.807, 2.05) is 0 Å². The molecular formula is C15H9ClFNO2. The van der Waals surface area contributed by atoms with Gasteiger partial charge in [0.05, 0.1) is 5.69 Å². The summed E-state index contributed by atoms with van der Waals surface area (Å²) in [7, 11) is 0. The van der Waals surface area contributed by atoms with E-state index in [1.54, 1.807) is 30.3 Å². The maximum absolute atomic E-state index is 13.2. The number of benzene rings is 2. The number of halogens is 2. The van der Waals surface area contributed by atoms with Crippen molar-refractivity contribution in [1.82, 2.24) is 0 Å². The molecule has 1 N–H and O–H groups in total. The van der Waals surface area contributed by atoms with Crippen LogP contribution in [0.15, 0.2) is 48.5 Å². The Hall–Kier alpha value is -2.20. The Morgan fingerprint density at radius 3 is 2.45 bits per heavy atom. The predicted molar refractivity (Wildman–Crippen MR) is 73.3 cm³/mol. The van der Waals surface area contributed by atoms with Crippen LogP contribution in [0.4, 0.5) is 10.1 Å². The molecule has 1 aliphatic rings. The van der Waals surface area contributed by atoms with Crippen LogP contribution in [-0.2, 0) is 9.67 Å². The number of Topliss-reactive ketones (excluding diaryl/α,β-unsaturated/α-hetero) is 1. The third kappa shape index (κ3) is 1.72. The fourth-order valence-electron chi connectivity index (χ4n) is 2.25. The van der Waals surface area contributed by atoms with E-state index in [1.165, 1.54) is 6.07 Å². The molecule has 1 amide bonds. The monoisotopic (exact) mass is 289 g/mol. The van der Waals surface area contributed by atoms with E-state index >= 15 is 0 Å². The van der Waals surface area contributed by atoms with E-state index in [4.69, 9.17) is 11.6 Å². The van der Waals surface area contributed by atoms with E-state index < -0.39 is 22.4 Å². The molecular weight excluding hydrogens is 281 g/mol. The van der Waals surface area contributed by atoms with Gasteiger partial charge in [-0.05, 0) is 23.8 Å². The van der Waals surface area contributed by atoms with E-state index in [0.717, 1.165) is 12.1 Å². The van der Waals surface area contributed by atoms with Crippen LogP contribution in [0.5, 0.6) is 0 Å². The van der Waals surface area contributed by atoms with Gasteiger partial charge in [-0.25, -0.2) is 4.39 Å². The molecule has 0 radical (unpaired) electrons. The van der Waals surface area contributed by atoms with E-state index in [-0.39, 0.29) is 11.3 Å². The van der Waals surface area contributed by atoms with Crippen LogP contribution in [0.1, 0.15) is 15.9 Å². The average Bonchev–Trinajstić information content (AvgIpc) is 2.45. The zero-order valence-corrected chi connectivity index (χ0v) is 10.9. The van der Waals surface area contributed by atoms with Crippen molar-refractivity contribution >= 4 is 29.0 Å². The van der Waals surface area contributed by atoms with Gasteiger partial charge in [-0.15, -0.1) is 0 Å². The normalized spacial score (nSPS) is 21.3. The van der Waals surface area contributed by atoms with Gasteiger partial charge in [0.25, 0.3) is 5.91 Å². The number of rotatable bonds is 1. The zero-order chi connectivity index (χ0) is 14.3. The summed E-state index contributed by atoms with van der Waals surface area (Å²) in [6, 6.07) is 12.0. The molecule has 0 aliphatic carbocycles. The lowest BCUT2D eigenvalue weighted by Crippen LogP contribution is -2.46. The van der Waals surface area contributed by atoms with Crippen molar-refractivity contribution in [2.75, 3.05) is 5.32 Å². The molecule has 100 valence electrons. The fraction of sp³-hybridized carbons (Fsp3) is 0.0667. The van der Waals surface area contributed by atoms with Gasteiger partial charge in [0.1, 0.15) is 5.82 Å². The minimum atomic E-state index is -1.81. The molecule has 0 fully saturated rings. The molecule has 1 aliphatic heterocycles. The Bertz CT molecular complexity index is 717. The smallest absolute Gasteiger partial charge is 0.258 e. The van der Waals surface area contributed by atoms with Crippen molar-refractivity contribution in [3.63, 3.8) is 0 Å². The van der Waals surface area contributed by atoms with Crippen molar-refractivity contribution in [2.24, 2.45) is 0 Å². The van der Waals surface area contributed by atoms with Gasteiger partial charge in [-0.2, -0.15) is 0 Å². The molecule has 0 bridgehead atoms. The molecule has 2 aromatic rings. The number of nitrogens with one attached hydrogen (secondary N) is 1. The molecule has 0 unspecified atom stereocenters. The molecule has 3 rings (SSSR count). The molecule has 0 aromatic heterocycles. The van der Waals surface area contributed by atoms with Crippen molar-refractivity contribution in [2.45, 2.75) is 4.87 Å². The summed E-state index contributed by atoms with van der Waals surface area (Å²) >= 11 is 6.31. The Morgan fingerprint density at radius 2 is 1.75 bits per heavy atom. The first-order valence-electron chi connectivity index (χ1n) is 5.93. The molecule has 20 heavy (non-hydrogen) atoms. The number of fused-ring (bicyclic) bond motifs is 1. The second-order valence-electron chi connectivity index (χ2n) is 4.50. The lowest BCUT2D eigenvalue weighted by Gasteiger charge is -2.30. The second-order valence-corrected chi connectivity index (χ2v) is 5.06. The van der Waals surface area contributed by atoms with Crippen LogP contribution in [0.2, 0.25) is 0 Å². The lowest BCUT2D eigenvalue weighted by molar-refractivity contribution is -0.117. The summed E-state index contributed by atoms with van der Waals surface area (Å²) in [6.45, 7) is 0. The molecule has 1 atom stereocenters. The standard InChI is InChI=1S/C15H9ClFNO2/c16-15(9-4-2-1-3-5-9)13(19)11-7-6-10(17)8-12(11)18-14(15)20/h1-8H,(H,18,20)/t15-/m1/s1. The highest BCUT2D eigenvalue weighted by Crippen LogP contribution is 2.40. The first-order chi connectivity index (χ1) is 9.53. The molecule has 2 aromatic carbocycles. The number of amides is 1. The van der Waals surface area contributed by atoms with E-state index in [2.05, 4.69) is 5.32 Å². The quantitative estimate of drug-likeness (QED) is 0.648. The van der Waals surface area contributed by atoms with Crippen LogP contribution in [0.3, 0.4) is 0 Å². The highest BCUT2D eigenvalue weighted by Gasteiger charge is 2.49. The largest absolute Gasteiger partial charge is 0.323 e. The molecule has 3 nitrogen and oxygen atoms in total.